The van der Waals surface area contributed by atoms with Crippen LogP contribution in [0.3, 0.4) is 0 Å². The third-order valence-corrected chi connectivity index (χ3v) is 3.30. The summed E-state index contributed by atoms with van der Waals surface area (Å²) in [6, 6.07) is 0.196. The highest BCUT2D eigenvalue weighted by Crippen LogP contribution is 2.12. The van der Waals surface area contributed by atoms with E-state index in [2.05, 4.69) is 10.6 Å². The van der Waals surface area contributed by atoms with Gasteiger partial charge in [0.15, 0.2) is 0 Å². The summed E-state index contributed by atoms with van der Waals surface area (Å²) < 4.78 is 4.87. The van der Waals surface area contributed by atoms with E-state index >= 15 is 0 Å². The normalized spacial score (nSPS) is 19.5. The second kappa shape index (κ2) is 8.92. The molecule has 1 rings (SSSR count). The molecule has 1 unspecified atom stereocenters. The molecular formula is C14H27N3O3. The zero-order valence-electron chi connectivity index (χ0n) is 12.8. The first-order valence-electron chi connectivity index (χ1n) is 7.35. The second-order valence-electron chi connectivity index (χ2n) is 5.43. The van der Waals surface area contributed by atoms with E-state index in [9.17, 15) is 9.59 Å². The number of piperidine rings is 1. The third-order valence-electron chi connectivity index (χ3n) is 3.30. The van der Waals surface area contributed by atoms with Crippen LogP contribution in [0.15, 0.2) is 0 Å². The number of hydrogen-bond acceptors (Lipinski definition) is 4. The van der Waals surface area contributed by atoms with Crippen LogP contribution in [-0.4, -0.2) is 62.1 Å². The predicted octanol–water partition coefficient (Wildman–Crippen LogP) is 0.128. The van der Waals surface area contributed by atoms with E-state index < -0.39 is 0 Å². The van der Waals surface area contributed by atoms with E-state index in [1.807, 2.05) is 13.8 Å². The molecule has 6 nitrogen and oxygen atoms in total. The summed E-state index contributed by atoms with van der Waals surface area (Å²) in [5.41, 5.74) is 0. The average Bonchev–Trinajstić information content (AvgIpc) is 2.39. The molecule has 1 fully saturated rings. The molecule has 0 spiro atoms. The lowest BCUT2D eigenvalue weighted by Crippen LogP contribution is -2.52. The highest BCUT2D eigenvalue weighted by molar-refractivity contribution is 5.83. The fourth-order valence-electron chi connectivity index (χ4n) is 2.34. The van der Waals surface area contributed by atoms with E-state index in [1.54, 1.807) is 12.0 Å². The Morgan fingerprint density at radius 1 is 1.50 bits per heavy atom. The van der Waals surface area contributed by atoms with Gasteiger partial charge in [-0.15, -0.1) is 0 Å². The summed E-state index contributed by atoms with van der Waals surface area (Å²) in [4.78, 5) is 25.6. The maximum Gasteiger partial charge on any atom is 0.239 e. The molecule has 0 radical (unpaired) electrons. The Bertz CT molecular complexity index is 321. The number of hydrogen-bond donors (Lipinski definition) is 2. The summed E-state index contributed by atoms with van der Waals surface area (Å²) in [5.74, 6) is 0.0865. The Morgan fingerprint density at radius 3 is 2.90 bits per heavy atom. The molecule has 0 aromatic heterocycles. The Labute approximate surface area is 121 Å². The number of methoxy groups -OCH3 is 1. The zero-order chi connectivity index (χ0) is 15.0. The number of nitrogens with one attached hydrogen (secondary N) is 2. The molecule has 6 heteroatoms. The highest BCUT2D eigenvalue weighted by atomic mass is 16.5. The molecule has 20 heavy (non-hydrogen) atoms. The van der Waals surface area contributed by atoms with E-state index in [4.69, 9.17) is 4.74 Å². The van der Waals surface area contributed by atoms with Crippen LogP contribution < -0.4 is 10.6 Å². The van der Waals surface area contributed by atoms with E-state index in [1.165, 1.54) is 0 Å². The standard InChI is InChI=1S/C14H27N3O3/c1-11(2)16-12-5-4-8-17(14(12)19)9-6-13(18)15-7-10-20-3/h11-12,16H,4-10H2,1-3H3,(H,15,18). The van der Waals surface area contributed by atoms with Gasteiger partial charge in [0.1, 0.15) is 0 Å². The zero-order valence-corrected chi connectivity index (χ0v) is 12.8. The van der Waals surface area contributed by atoms with Crippen molar-refractivity contribution in [1.82, 2.24) is 15.5 Å². The summed E-state index contributed by atoms with van der Waals surface area (Å²) in [5, 5.41) is 6.05. The average molecular weight is 285 g/mol. The summed E-state index contributed by atoms with van der Waals surface area (Å²) in [6.45, 7) is 6.34. The number of ether oxygens (including phenoxy) is 1. The van der Waals surface area contributed by atoms with Crippen molar-refractivity contribution < 1.29 is 14.3 Å². The highest BCUT2D eigenvalue weighted by Gasteiger charge is 2.28. The smallest absolute Gasteiger partial charge is 0.239 e. The Hall–Kier alpha value is -1.14. The van der Waals surface area contributed by atoms with Gasteiger partial charge in [0.05, 0.1) is 12.6 Å². The molecular weight excluding hydrogens is 258 g/mol. The van der Waals surface area contributed by atoms with Crippen LogP contribution in [0.4, 0.5) is 0 Å². The van der Waals surface area contributed by atoms with Crippen LogP contribution in [0.1, 0.15) is 33.1 Å². The number of carbonyl (C=O) groups excluding carboxylic acids is 2. The Kier molecular flexibility index (Phi) is 7.54. The number of amides is 2. The van der Waals surface area contributed by atoms with Crippen molar-refractivity contribution in [3.63, 3.8) is 0 Å². The van der Waals surface area contributed by atoms with Crippen molar-refractivity contribution in [3.8, 4) is 0 Å². The fraction of sp³-hybridized carbons (Fsp3) is 0.857. The van der Waals surface area contributed by atoms with Gasteiger partial charge >= 0.3 is 0 Å². The molecule has 0 aromatic rings. The number of likely N-dealkylation sites (tertiary alicyclic amines) is 1. The molecule has 2 N–H and O–H groups in total. The third kappa shape index (κ3) is 5.88. The number of carbonyl (C=O) groups is 2. The minimum Gasteiger partial charge on any atom is -0.383 e. The van der Waals surface area contributed by atoms with Gasteiger partial charge in [-0.25, -0.2) is 0 Å². The Balaban J connectivity index is 2.31. The molecule has 1 atom stereocenters. The Morgan fingerprint density at radius 2 is 2.25 bits per heavy atom. The van der Waals surface area contributed by atoms with Crippen molar-refractivity contribution in [3.05, 3.63) is 0 Å². The molecule has 1 aliphatic heterocycles. The molecule has 1 saturated heterocycles. The summed E-state index contributed by atoms with van der Waals surface area (Å²) >= 11 is 0. The van der Waals surface area contributed by atoms with Gasteiger partial charge < -0.3 is 20.3 Å². The SMILES string of the molecule is COCCNC(=O)CCN1CCCC(NC(C)C)C1=O. The first-order chi connectivity index (χ1) is 9.54. The molecule has 2 amide bonds. The topological polar surface area (TPSA) is 70.7 Å². The molecule has 0 saturated carbocycles. The minimum atomic E-state index is -0.0969. The first kappa shape index (κ1) is 16.9. The van der Waals surface area contributed by atoms with Crippen molar-refractivity contribution in [2.75, 3.05) is 33.4 Å². The van der Waals surface area contributed by atoms with Gasteiger partial charge in [-0.1, -0.05) is 13.8 Å². The molecule has 0 aliphatic carbocycles. The van der Waals surface area contributed by atoms with Gasteiger partial charge in [-0.05, 0) is 12.8 Å². The lowest BCUT2D eigenvalue weighted by molar-refractivity contribution is -0.136. The van der Waals surface area contributed by atoms with E-state index in [0.717, 1.165) is 19.4 Å². The monoisotopic (exact) mass is 285 g/mol. The second-order valence-corrected chi connectivity index (χ2v) is 5.43. The van der Waals surface area contributed by atoms with E-state index in [0.29, 0.717) is 32.2 Å². The van der Waals surface area contributed by atoms with Crippen LogP contribution in [0.5, 0.6) is 0 Å². The molecule has 1 heterocycles. The minimum absolute atomic E-state index is 0.0335. The van der Waals surface area contributed by atoms with Crippen LogP contribution in [0, 0.1) is 0 Å². The van der Waals surface area contributed by atoms with Crippen LogP contribution in [0.2, 0.25) is 0 Å². The van der Waals surface area contributed by atoms with Gasteiger partial charge in [-0.3, -0.25) is 9.59 Å². The lowest BCUT2D eigenvalue weighted by Gasteiger charge is -2.33. The van der Waals surface area contributed by atoms with Crippen LogP contribution >= 0.6 is 0 Å². The van der Waals surface area contributed by atoms with Crippen molar-refractivity contribution in [2.45, 2.75) is 45.2 Å². The van der Waals surface area contributed by atoms with Gasteiger partial charge in [0, 0.05) is 39.2 Å². The van der Waals surface area contributed by atoms with E-state index in [-0.39, 0.29) is 17.9 Å². The number of rotatable bonds is 8. The first-order valence-corrected chi connectivity index (χ1v) is 7.35. The summed E-state index contributed by atoms with van der Waals surface area (Å²) in [7, 11) is 1.60. The molecule has 116 valence electrons. The van der Waals surface area contributed by atoms with Crippen molar-refractivity contribution in [2.24, 2.45) is 0 Å². The maximum absolute atomic E-state index is 12.2. The lowest BCUT2D eigenvalue weighted by atomic mass is 10.0. The quantitative estimate of drug-likeness (QED) is 0.622. The molecule has 0 aromatic carbocycles. The van der Waals surface area contributed by atoms with Crippen LogP contribution in [0.25, 0.3) is 0 Å². The fourth-order valence-corrected chi connectivity index (χ4v) is 2.34. The van der Waals surface area contributed by atoms with Crippen molar-refractivity contribution >= 4 is 11.8 Å². The number of nitrogens with zero attached hydrogens (tertiary/aromatic N) is 1. The largest absolute Gasteiger partial charge is 0.383 e. The molecule has 1 aliphatic rings. The van der Waals surface area contributed by atoms with Crippen LogP contribution in [-0.2, 0) is 14.3 Å². The van der Waals surface area contributed by atoms with Gasteiger partial charge in [0.2, 0.25) is 11.8 Å². The van der Waals surface area contributed by atoms with Gasteiger partial charge in [-0.2, -0.15) is 0 Å². The molecule has 0 bridgehead atoms. The van der Waals surface area contributed by atoms with Gasteiger partial charge in [0.25, 0.3) is 0 Å². The van der Waals surface area contributed by atoms with Crippen molar-refractivity contribution in [1.29, 1.82) is 0 Å². The predicted molar refractivity (Wildman–Crippen MR) is 77.4 cm³/mol. The maximum atomic E-state index is 12.2. The summed E-state index contributed by atoms with van der Waals surface area (Å²) in [6.07, 6.45) is 2.22.